The molecule has 0 spiro atoms. The first-order valence-electron chi connectivity index (χ1n) is 8.61. The van der Waals surface area contributed by atoms with E-state index in [9.17, 15) is 0 Å². The molecule has 1 nitrogen and oxygen atoms in total. The van der Waals surface area contributed by atoms with Crippen LogP contribution in [0.15, 0.2) is 91.0 Å². The van der Waals surface area contributed by atoms with Crippen LogP contribution >= 0.6 is 0 Å². The van der Waals surface area contributed by atoms with Crippen LogP contribution in [0.25, 0.3) is 33.6 Å². The highest BCUT2D eigenvalue weighted by Crippen LogP contribution is 2.38. The first-order valence-corrected chi connectivity index (χ1v) is 8.61. The molecule has 1 aromatic heterocycles. The fourth-order valence-corrected chi connectivity index (χ4v) is 3.39. The maximum atomic E-state index is 2.31. The van der Waals surface area contributed by atoms with Gasteiger partial charge in [0.15, 0.2) is 0 Å². The van der Waals surface area contributed by atoms with E-state index in [0.29, 0.717) is 0 Å². The molecule has 0 fully saturated rings. The molecule has 4 aromatic rings. The summed E-state index contributed by atoms with van der Waals surface area (Å²) in [5.41, 5.74) is 8.76. The van der Waals surface area contributed by atoms with E-state index >= 15 is 0 Å². The maximum absolute atomic E-state index is 2.31. The van der Waals surface area contributed by atoms with Crippen LogP contribution in [0.1, 0.15) is 5.56 Å². The van der Waals surface area contributed by atoms with Gasteiger partial charge in [0.2, 0.25) is 0 Å². The minimum atomic E-state index is 1.23. The van der Waals surface area contributed by atoms with E-state index in [-0.39, 0.29) is 0 Å². The van der Waals surface area contributed by atoms with Gasteiger partial charge in [-0.15, -0.1) is 0 Å². The molecule has 3 aromatic carbocycles. The molecular weight excluding hydrogens is 302 g/mol. The van der Waals surface area contributed by atoms with E-state index in [1.54, 1.807) is 0 Å². The number of hydrogen-bond donors (Lipinski definition) is 0. The summed E-state index contributed by atoms with van der Waals surface area (Å²) < 4.78 is 2.31. The molecular formula is C24H21N. The molecule has 0 atom stereocenters. The van der Waals surface area contributed by atoms with Crippen LogP contribution in [0.5, 0.6) is 0 Å². The second-order valence-corrected chi connectivity index (χ2v) is 6.45. The average molecular weight is 323 g/mol. The van der Waals surface area contributed by atoms with Crippen molar-refractivity contribution in [3.8, 4) is 33.6 Å². The van der Waals surface area contributed by atoms with Gasteiger partial charge in [-0.1, -0.05) is 90.5 Å². The van der Waals surface area contributed by atoms with E-state index in [0.717, 1.165) is 0 Å². The van der Waals surface area contributed by atoms with E-state index in [1.807, 2.05) is 0 Å². The van der Waals surface area contributed by atoms with Gasteiger partial charge in [-0.2, -0.15) is 0 Å². The van der Waals surface area contributed by atoms with Gasteiger partial charge >= 0.3 is 0 Å². The summed E-state index contributed by atoms with van der Waals surface area (Å²) in [7, 11) is 2.16. The fourth-order valence-electron chi connectivity index (χ4n) is 3.39. The minimum absolute atomic E-state index is 1.23. The van der Waals surface area contributed by atoms with Crippen molar-refractivity contribution in [1.29, 1.82) is 0 Å². The number of hydrogen-bond acceptors (Lipinski definition) is 0. The lowest BCUT2D eigenvalue weighted by molar-refractivity contribution is 0.946. The van der Waals surface area contributed by atoms with Crippen molar-refractivity contribution < 1.29 is 0 Å². The lowest BCUT2D eigenvalue weighted by Gasteiger charge is -2.11. The number of benzene rings is 3. The van der Waals surface area contributed by atoms with Gasteiger partial charge in [0.05, 0.1) is 5.69 Å². The lowest BCUT2D eigenvalue weighted by Crippen LogP contribution is -1.95. The third-order valence-corrected chi connectivity index (χ3v) is 4.71. The Morgan fingerprint density at radius 2 is 1.16 bits per heavy atom. The van der Waals surface area contributed by atoms with Crippen molar-refractivity contribution in [3.05, 3.63) is 96.6 Å². The summed E-state index contributed by atoms with van der Waals surface area (Å²) in [5.74, 6) is 0. The SMILES string of the molecule is Cc1ccc(-c2c(-c3ccccc3)cc(-c3ccccc3)n2C)cc1. The van der Waals surface area contributed by atoms with Crippen LogP contribution < -0.4 is 0 Å². The molecule has 122 valence electrons. The Labute approximate surface area is 149 Å². The third-order valence-electron chi connectivity index (χ3n) is 4.71. The number of nitrogens with zero attached hydrogens (tertiary/aromatic N) is 1. The van der Waals surface area contributed by atoms with Gasteiger partial charge in [-0.3, -0.25) is 0 Å². The topological polar surface area (TPSA) is 4.93 Å². The van der Waals surface area contributed by atoms with Crippen LogP contribution in [0.2, 0.25) is 0 Å². The molecule has 0 aliphatic heterocycles. The van der Waals surface area contributed by atoms with Gasteiger partial charge in [0, 0.05) is 18.3 Å². The second kappa shape index (κ2) is 6.45. The molecule has 1 heteroatoms. The first kappa shape index (κ1) is 15.5. The predicted octanol–water partition coefficient (Wildman–Crippen LogP) is 6.33. The largest absolute Gasteiger partial charge is 0.343 e. The minimum Gasteiger partial charge on any atom is -0.343 e. The zero-order valence-corrected chi connectivity index (χ0v) is 14.6. The molecule has 4 rings (SSSR count). The first-order chi connectivity index (χ1) is 12.2. The van der Waals surface area contributed by atoms with Crippen LogP contribution in [0.3, 0.4) is 0 Å². The Balaban J connectivity index is 1.97. The van der Waals surface area contributed by atoms with Crippen molar-refractivity contribution in [3.63, 3.8) is 0 Å². The van der Waals surface area contributed by atoms with Gasteiger partial charge in [0.25, 0.3) is 0 Å². The summed E-state index contributed by atoms with van der Waals surface area (Å²) >= 11 is 0. The zero-order valence-electron chi connectivity index (χ0n) is 14.6. The Kier molecular flexibility index (Phi) is 3.99. The molecule has 0 aliphatic carbocycles. The zero-order chi connectivity index (χ0) is 17.2. The van der Waals surface area contributed by atoms with Crippen LogP contribution in [-0.4, -0.2) is 4.57 Å². The maximum Gasteiger partial charge on any atom is 0.0562 e. The summed E-state index contributed by atoms with van der Waals surface area (Å²) in [6.07, 6.45) is 0. The Morgan fingerprint density at radius 1 is 0.600 bits per heavy atom. The summed E-state index contributed by atoms with van der Waals surface area (Å²) in [4.78, 5) is 0. The Morgan fingerprint density at radius 3 is 1.76 bits per heavy atom. The van der Waals surface area contributed by atoms with Crippen LogP contribution in [0, 0.1) is 6.92 Å². The highest BCUT2D eigenvalue weighted by molar-refractivity contribution is 5.86. The quantitative estimate of drug-likeness (QED) is 0.415. The van der Waals surface area contributed by atoms with Gasteiger partial charge in [-0.25, -0.2) is 0 Å². The molecule has 0 bridgehead atoms. The third kappa shape index (κ3) is 2.89. The van der Waals surface area contributed by atoms with Gasteiger partial charge in [0.1, 0.15) is 0 Å². The number of aromatic nitrogens is 1. The molecule has 1 heterocycles. The molecule has 0 radical (unpaired) electrons. The van der Waals surface area contributed by atoms with E-state index in [1.165, 1.54) is 39.2 Å². The standard InChI is InChI=1S/C24H21N/c1-18-13-15-21(16-14-18)24-22(19-9-5-3-6-10-19)17-23(25(24)2)20-11-7-4-8-12-20/h3-17H,1-2H3. The molecule has 0 saturated heterocycles. The van der Waals surface area contributed by atoms with E-state index in [2.05, 4.69) is 110 Å². The normalized spacial score (nSPS) is 10.8. The Hall–Kier alpha value is -3.06. The van der Waals surface area contributed by atoms with Crippen molar-refractivity contribution in [2.24, 2.45) is 7.05 Å². The Bertz CT molecular complexity index is 978. The second-order valence-electron chi connectivity index (χ2n) is 6.45. The number of aryl methyl sites for hydroxylation is 1. The van der Waals surface area contributed by atoms with E-state index in [4.69, 9.17) is 0 Å². The smallest absolute Gasteiger partial charge is 0.0562 e. The lowest BCUT2D eigenvalue weighted by atomic mass is 10.0. The van der Waals surface area contributed by atoms with Crippen LogP contribution in [0.4, 0.5) is 0 Å². The molecule has 0 aliphatic rings. The van der Waals surface area contributed by atoms with Crippen molar-refractivity contribution in [1.82, 2.24) is 4.57 Å². The molecule has 0 saturated carbocycles. The number of rotatable bonds is 3. The van der Waals surface area contributed by atoms with Crippen molar-refractivity contribution in [2.45, 2.75) is 6.92 Å². The molecule has 0 N–H and O–H groups in total. The highest BCUT2D eigenvalue weighted by Gasteiger charge is 2.16. The van der Waals surface area contributed by atoms with Gasteiger partial charge in [-0.05, 0) is 29.7 Å². The highest BCUT2D eigenvalue weighted by atomic mass is 15.0. The van der Waals surface area contributed by atoms with Crippen LogP contribution in [-0.2, 0) is 7.05 Å². The monoisotopic (exact) mass is 323 g/mol. The van der Waals surface area contributed by atoms with E-state index < -0.39 is 0 Å². The molecule has 0 amide bonds. The van der Waals surface area contributed by atoms with Crippen molar-refractivity contribution in [2.75, 3.05) is 0 Å². The predicted molar refractivity (Wildman–Crippen MR) is 106 cm³/mol. The molecule has 0 unspecified atom stereocenters. The average Bonchev–Trinajstić information content (AvgIpc) is 3.01. The summed E-state index contributed by atoms with van der Waals surface area (Å²) in [6.45, 7) is 2.13. The molecule has 25 heavy (non-hydrogen) atoms. The summed E-state index contributed by atoms with van der Waals surface area (Å²) in [6, 6.07) is 32.3. The van der Waals surface area contributed by atoms with Gasteiger partial charge < -0.3 is 4.57 Å². The van der Waals surface area contributed by atoms with Crippen molar-refractivity contribution >= 4 is 0 Å². The fraction of sp³-hybridized carbons (Fsp3) is 0.0833. The summed E-state index contributed by atoms with van der Waals surface area (Å²) in [5, 5.41) is 0.